The maximum Gasteiger partial charge on any atom is 0.330 e. The summed E-state index contributed by atoms with van der Waals surface area (Å²) >= 11 is 0. The van der Waals surface area contributed by atoms with Crippen molar-refractivity contribution in [3.8, 4) is 0 Å². The molecule has 1 aliphatic heterocycles. The lowest BCUT2D eigenvalue weighted by molar-refractivity contribution is -0.143. The molecule has 3 rings (SSSR count). The predicted molar refractivity (Wildman–Crippen MR) is 140 cm³/mol. The molecule has 4 amide bonds. The minimum atomic E-state index is -1.33. The zero-order valence-corrected chi connectivity index (χ0v) is 22.1. The number of nitrogens with two attached hydrogens (primary N) is 1. The van der Waals surface area contributed by atoms with E-state index >= 15 is 0 Å². The summed E-state index contributed by atoms with van der Waals surface area (Å²) in [5.74, 6) is -4.71. The van der Waals surface area contributed by atoms with Crippen LogP contribution in [-0.2, 0) is 28.8 Å². The molecule has 0 bridgehead atoms. The molecule has 5 atom stereocenters. The highest BCUT2D eigenvalue weighted by Crippen LogP contribution is 2.39. The number of likely N-dealkylation sites (tertiary alicyclic amines) is 1. The van der Waals surface area contributed by atoms with E-state index in [1.165, 1.54) is 0 Å². The Morgan fingerprint density at radius 3 is 2.38 bits per heavy atom. The Bertz CT molecular complexity index is 1080. The third-order valence-corrected chi connectivity index (χ3v) is 7.38. The highest BCUT2D eigenvalue weighted by atomic mass is 16.4. The number of Topliss-reactive ketones (excluding diaryl/α,β-unsaturated/α-hetero) is 1. The number of rotatable bonds is 12. The number of nitrogens with zero attached hydrogens (tertiary/aromatic N) is 1. The summed E-state index contributed by atoms with van der Waals surface area (Å²) in [6.45, 7) is 0.947. The molecular weight excluding hydrogens is 506 g/mol. The van der Waals surface area contributed by atoms with Crippen LogP contribution in [0.5, 0.6) is 0 Å². The van der Waals surface area contributed by atoms with Gasteiger partial charge in [-0.3, -0.25) is 24.0 Å². The summed E-state index contributed by atoms with van der Waals surface area (Å²) in [4.78, 5) is 76.9. The Morgan fingerprint density at radius 2 is 1.74 bits per heavy atom. The summed E-state index contributed by atoms with van der Waals surface area (Å²) in [6.07, 6.45) is 4.86. The lowest BCUT2D eigenvalue weighted by Crippen LogP contribution is -2.55. The fraction of sp³-hybridized carbons (Fsp3) is 0.556. The summed E-state index contributed by atoms with van der Waals surface area (Å²) in [6, 6.07) is 4.76. The average molecular weight is 544 g/mol. The van der Waals surface area contributed by atoms with Crippen molar-refractivity contribution >= 4 is 35.4 Å². The number of ketones is 1. The van der Waals surface area contributed by atoms with Gasteiger partial charge in [-0.2, -0.15) is 0 Å². The molecule has 2 unspecified atom stereocenters. The smallest absolute Gasteiger partial charge is 0.330 e. The van der Waals surface area contributed by atoms with Gasteiger partial charge in [-0.25, -0.2) is 4.79 Å². The fourth-order valence-electron chi connectivity index (χ4n) is 5.53. The largest absolute Gasteiger partial charge is 0.479 e. The van der Waals surface area contributed by atoms with Gasteiger partial charge in [0.25, 0.3) is 5.91 Å². The molecule has 12 nitrogen and oxygen atoms in total. The quantitative estimate of drug-likeness (QED) is 0.228. The van der Waals surface area contributed by atoms with Crippen molar-refractivity contribution in [1.82, 2.24) is 20.9 Å². The maximum atomic E-state index is 13.3. The first kappa shape index (κ1) is 29.8. The van der Waals surface area contributed by atoms with E-state index in [0.29, 0.717) is 18.4 Å². The first-order valence-corrected chi connectivity index (χ1v) is 13.4. The van der Waals surface area contributed by atoms with Crippen LogP contribution in [0.1, 0.15) is 63.5 Å². The topological polar surface area (TPSA) is 188 Å². The van der Waals surface area contributed by atoms with Gasteiger partial charge in [-0.1, -0.05) is 56.5 Å². The lowest BCUT2D eigenvalue weighted by atomic mass is 9.84. The molecule has 0 aromatic heterocycles. The van der Waals surface area contributed by atoms with Gasteiger partial charge in [-0.15, -0.1) is 0 Å². The number of carbonyl (C=O) groups is 6. The van der Waals surface area contributed by atoms with Crippen molar-refractivity contribution in [1.29, 1.82) is 0 Å². The SMILES string of the molecule is CCCC(NC(=O)[C@@H]1C[C@@H]2CCCC[C@@H]2N1C(=O)CN)C(=O)C(=O)NCC(=O)NC(C(=O)O)c1ccccc1. The maximum absolute atomic E-state index is 13.3. The van der Waals surface area contributed by atoms with Crippen LogP contribution in [0.15, 0.2) is 30.3 Å². The van der Waals surface area contributed by atoms with E-state index < -0.39 is 54.1 Å². The minimum absolute atomic E-state index is 0.0572. The number of hydrogen-bond acceptors (Lipinski definition) is 7. The first-order valence-electron chi connectivity index (χ1n) is 13.4. The molecule has 12 heteroatoms. The fourth-order valence-corrected chi connectivity index (χ4v) is 5.53. The van der Waals surface area contributed by atoms with Crippen molar-refractivity contribution in [2.75, 3.05) is 13.1 Å². The van der Waals surface area contributed by atoms with Crippen molar-refractivity contribution < 1.29 is 33.9 Å². The van der Waals surface area contributed by atoms with Crippen molar-refractivity contribution in [2.24, 2.45) is 11.7 Å². The van der Waals surface area contributed by atoms with Crippen molar-refractivity contribution in [3.05, 3.63) is 35.9 Å². The second kappa shape index (κ2) is 13.8. The zero-order chi connectivity index (χ0) is 28.5. The molecule has 39 heavy (non-hydrogen) atoms. The van der Waals surface area contributed by atoms with Gasteiger partial charge in [0.05, 0.1) is 19.1 Å². The van der Waals surface area contributed by atoms with Crippen LogP contribution in [0, 0.1) is 5.92 Å². The van der Waals surface area contributed by atoms with Crippen LogP contribution in [0.3, 0.4) is 0 Å². The molecule has 1 aromatic rings. The molecule has 6 N–H and O–H groups in total. The lowest BCUT2D eigenvalue weighted by Gasteiger charge is -2.33. The molecule has 0 spiro atoms. The normalized spacial score (nSPS) is 21.7. The number of carbonyl (C=O) groups excluding carboxylic acids is 5. The van der Waals surface area contributed by atoms with Crippen LogP contribution >= 0.6 is 0 Å². The number of carboxylic acids is 1. The van der Waals surface area contributed by atoms with Gasteiger partial charge in [0, 0.05) is 6.04 Å². The van der Waals surface area contributed by atoms with Crippen LogP contribution in [0.2, 0.25) is 0 Å². The van der Waals surface area contributed by atoms with Crippen LogP contribution in [-0.4, -0.2) is 76.6 Å². The van der Waals surface area contributed by atoms with E-state index in [9.17, 15) is 33.9 Å². The molecule has 2 fully saturated rings. The van der Waals surface area contributed by atoms with E-state index in [4.69, 9.17) is 5.73 Å². The standard InChI is InChI=1S/C27H37N5O7/c1-2-8-18(30-25(36)20-13-17-11-6-7-12-19(17)32(20)22(34)14-28)24(35)26(37)29-15-21(33)31-23(27(38)39)16-9-4-3-5-10-16/h3-5,9-10,17-20,23H,2,6-8,11-15,28H2,1H3,(H,29,37)(H,30,36)(H,31,33)(H,38,39)/t17-,18?,19-,20-,23?/m0/s1. The Kier molecular flexibility index (Phi) is 10.6. The number of hydrogen-bond donors (Lipinski definition) is 5. The zero-order valence-electron chi connectivity index (χ0n) is 22.1. The van der Waals surface area contributed by atoms with E-state index in [2.05, 4.69) is 16.0 Å². The van der Waals surface area contributed by atoms with Crippen molar-refractivity contribution in [3.63, 3.8) is 0 Å². The molecule has 1 heterocycles. The second-order valence-corrected chi connectivity index (χ2v) is 10.0. The number of nitrogens with one attached hydrogen (secondary N) is 3. The molecule has 2 aliphatic rings. The minimum Gasteiger partial charge on any atom is -0.479 e. The number of carboxylic acid groups (broad SMARTS) is 1. The monoisotopic (exact) mass is 543 g/mol. The van der Waals surface area contributed by atoms with Crippen molar-refractivity contribution in [2.45, 2.75) is 76.0 Å². The summed E-state index contributed by atoms with van der Waals surface area (Å²) in [5, 5.41) is 16.6. The Balaban J connectivity index is 1.60. The van der Waals surface area contributed by atoms with E-state index in [0.717, 1.165) is 25.7 Å². The van der Waals surface area contributed by atoms with Gasteiger partial charge in [0.2, 0.25) is 23.5 Å². The molecule has 212 valence electrons. The van der Waals surface area contributed by atoms with Gasteiger partial charge in [0.15, 0.2) is 6.04 Å². The van der Waals surface area contributed by atoms with Gasteiger partial charge in [-0.05, 0) is 37.2 Å². The van der Waals surface area contributed by atoms with Gasteiger partial charge >= 0.3 is 5.97 Å². The van der Waals surface area contributed by atoms with E-state index in [-0.39, 0.29) is 30.8 Å². The van der Waals surface area contributed by atoms with Crippen LogP contribution < -0.4 is 21.7 Å². The summed E-state index contributed by atoms with van der Waals surface area (Å²) < 4.78 is 0. The molecule has 1 saturated carbocycles. The Labute approximate surface area is 227 Å². The van der Waals surface area contributed by atoms with Crippen LogP contribution in [0.4, 0.5) is 0 Å². The number of aliphatic carboxylic acids is 1. The summed E-state index contributed by atoms with van der Waals surface area (Å²) in [5.41, 5.74) is 5.96. The van der Waals surface area contributed by atoms with E-state index in [1.807, 2.05) is 0 Å². The van der Waals surface area contributed by atoms with E-state index in [1.54, 1.807) is 42.2 Å². The Morgan fingerprint density at radius 1 is 1.05 bits per heavy atom. The number of amides is 4. The highest BCUT2D eigenvalue weighted by Gasteiger charge is 2.47. The third kappa shape index (κ3) is 7.41. The first-order chi connectivity index (χ1) is 18.7. The molecule has 1 aromatic carbocycles. The van der Waals surface area contributed by atoms with Gasteiger partial charge < -0.3 is 31.7 Å². The molecule has 0 radical (unpaired) electrons. The second-order valence-electron chi connectivity index (χ2n) is 10.0. The predicted octanol–water partition coefficient (Wildman–Crippen LogP) is 0.0171. The number of fused-ring (bicyclic) bond motifs is 1. The third-order valence-electron chi connectivity index (χ3n) is 7.38. The highest BCUT2D eigenvalue weighted by molar-refractivity contribution is 6.38. The van der Waals surface area contributed by atoms with Gasteiger partial charge in [0.1, 0.15) is 6.04 Å². The van der Waals surface area contributed by atoms with Crippen LogP contribution in [0.25, 0.3) is 0 Å². The molecular formula is C27H37N5O7. The summed E-state index contributed by atoms with van der Waals surface area (Å²) in [7, 11) is 0. The molecule has 1 saturated heterocycles. The average Bonchev–Trinajstić information content (AvgIpc) is 3.33. The number of benzene rings is 1. The molecule has 1 aliphatic carbocycles. The Hall–Kier alpha value is -3.80.